The van der Waals surface area contributed by atoms with Crippen molar-refractivity contribution in [1.29, 1.82) is 0 Å². The van der Waals surface area contributed by atoms with E-state index in [1.807, 2.05) is 23.1 Å². The van der Waals surface area contributed by atoms with Crippen LogP contribution in [0.5, 0.6) is 0 Å². The number of hydrogen-bond donors (Lipinski definition) is 0. The van der Waals surface area contributed by atoms with Gasteiger partial charge in [0.05, 0.1) is 6.04 Å². The van der Waals surface area contributed by atoms with E-state index in [9.17, 15) is 4.79 Å². The van der Waals surface area contributed by atoms with Gasteiger partial charge in [-0.05, 0) is 18.9 Å². The second-order valence-electron chi connectivity index (χ2n) is 6.91. The SMILES string of the molecule is Cc1noc(CCCC(=O)N2CC(C)(C)[C@@H]2c2ccccc2)n1. The van der Waals surface area contributed by atoms with E-state index in [0.29, 0.717) is 24.6 Å². The second-order valence-corrected chi connectivity index (χ2v) is 6.91. The number of carbonyl (C=O) groups excluding carboxylic acids is 1. The number of amides is 1. The van der Waals surface area contributed by atoms with Crippen molar-refractivity contribution in [2.75, 3.05) is 6.54 Å². The van der Waals surface area contributed by atoms with Crippen LogP contribution in [0, 0.1) is 12.3 Å². The van der Waals surface area contributed by atoms with Crippen LogP contribution in [-0.4, -0.2) is 27.5 Å². The van der Waals surface area contributed by atoms with Gasteiger partial charge < -0.3 is 9.42 Å². The van der Waals surface area contributed by atoms with Gasteiger partial charge in [0, 0.05) is 24.8 Å². The number of rotatable bonds is 5. The summed E-state index contributed by atoms with van der Waals surface area (Å²) in [6, 6.07) is 10.4. The molecule has 0 bridgehead atoms. The van der Waals surface area contributed by atoms with Gasteiger partial charge in [-0.3, -0.25) is 4.79 Å². The molecule has 5 heteroatoms. The number of carbonyl (C=O) groups is 1. The van der Waals surface area contributed by atoms with Crippen molar-refractivity contribution < 1.29 is 9.32 Å². The van der Waals surface area contributed by atoms with Gasteiger partial charge in [-0.2, -0.15) is 4.98 Å². The number of likely N-dealkylation sites (tertiary alicyclic amines) is 1. The number of nitrogens with zero attached hydrogens (tertiary/aromatic N) is 3. The summed E-state index contributed by atoms with van der Waals surface area (Å²) < 4.78 is 5.08. The maximum Gasteiger partial charge on any atom is 0.226 e. The van der Waals surface area contributed by atoms with E-state index in [1.165, 1.54) is 5.56 Å². The van der Waals surface area contributed by atoms with Gasteiger partial charge >= 0.3 is 0 Å². The minimum atomic E-state index is 0.126. The molecule has 23 heavy (non-hydrogen) atoms. The summed E-state index contributed by atoms with van der Waals surface area (Å²) in [4.78, 5) is 18.7. The van der Waals surface area contributed by atoms with E-state index in [0.717, 1.165) is 13.0 Å². The lowest BCUT2D eigenvalue weighted by Crippen LogP contribution is -2.57. The zero-order valence-electron chi connectivity index (χ0n) is 14.0. The molecule has 0 aliphatic carbocycles. The summed E-state index contributed by atoms with van der Waals surface area (Å²) in [6.45, 7) is 7.04. The molecule has 1 fully saturated rings. The summed E-state index contributed by atoms with van der Waals surface area (Å²) in [5, 5.41) is 3.77. The van der Waals surface area contributed by atoms with Crippen molar-refractivity contribution in [3.8, 4) is 0 Å². The third-order valence-electron chi connectivity index (χ3n) is 4.42. The molecule has 0 N–H and O–H groups in total. The van der Waals surface area contributed by atoms with Crippen molar-refractivity contribution in [2.24, 2.45) is 5.41 Å². The molecule has 0 unspecified atom stereocenters. The largest absolute Gasteiger partial charge is 0.339 e. The average Bonchev–Trinajstić information content (AvgIpc) is 2.91. The zero-order valence-corrected chi connectivity index (χ0v) is 14.0. The van der Waals surface area contributed by atoms with Crippen LogP contribution in [0.25, 0.3) is 0 Å². The molecule has 2 heterocycles. The Bertz CT molecular complexity index is 679. The normalized spacial score (nSPS) is 19.4. The van der Waals surface area contributed by atoms with E-state index in [4.69, 9.17) is 4.52 Å². The van der Waals surface area contributed by atoms with Crippen LogP contribution in [0.1, 0.15) is 50.0 Å². The Morgan fingerprint density at radius 2 is 2.09 bits per heavy atom. The minimum Gasteiger partial charge on any atom is -0.339 e. The molecule has 1 aliphatic rings. The molecule has 5 nitrogen and oxygen atoms in total. The van der Waals surface area contributed by atoms with Crippen molar-refractivity contribution in [3.63, 3.8) is 0 Å². The first-order valence-electron chi connectivity index (χ1n) is 8.11. The molecule has 0 radical (unpaired) electrons. The summed E-state index contributed by atoms with van der Waals surface area (Å²) >= 11 is 0. The topological polar surface area (TPSA) is 59.2 Å². The van der Waals surface area contributed by atoms with Gasteiger partial charge in [-0.25, -0.2) is 0 Å². The quantitative estimate of drug-likeness (QED) is 0.849. The van der Waals surface area contributed by atoms with Crippen LogP contribution < -0.4 is 0 Å². The van der Waals surface area contributed by atoms with Gasteiger partial charge in [0.2, 0.25) is 11.8 Å². The molecule has 0 saturated carbocycles. The van der Waals surface area contributed by atoms with E-state index in [2.05, 4.69) is 36.1 Å². The lowest BCUT2D eigenvalue weighted by Gasteiger charge is -2.54. The maximum absolute atomic E-state index is 12.6. The van der Waals surface area contributed by atoms with Crippen LogP contribution in [0.2, 0.25) is 0 Å². The van der Waals surface area contributed by atoms with Gasteiger partial charge in [0.25, 0.3) is 0 Å². The van der Waals surface area contributed by atoms with Crippen LogP contribution in [0.15, 0.2) is 34.9 Å². The predicted octanol–water partition coefficient (Wildman–Crippen LogP) is 3.31. The average molecular weight is 313 g/mol. The molecule has 1 aromatic carbocycles. The Morgan fingerprint density at radius 1 is 1.35 bits per heavy atom. The predicted molar refractivity (Wildman–Crippen MR) is 86.7 cm³/mol. The third kappa shape index (κ3) is 3.28. The highest BCUT2D eigenvalue weighted by molar-refractivity contribution is 5.78. The highest BCUT2D eigenvalue weighted by atomic mass is 16.5. The number of aromatic nitrogens is 2. The summed E-state index contributed by atoms with van der Waals surface area (Å²) in [7, 11) is 0. The maximum atomic E-state index is 12.6. The molecular weight excluding hydrogens is 290 g/mol. The van der Waals surface area contributed by atoms with Gasteiger partial charge in [-0.1, -0.05) is 49.3 Å². The van der Waals surface area contributed by atoms with Gasteiger partial charge in [0.1, 0.15) is 0 Å². The molecule has 0 spiro atoms. The van der Waals surface area contributed by atoms with Crippen LogP contribution in [-0.2, 0) is 11.2 Å². The van der Waals surface area contributed by atoms with E-state index in [-0.39, 0.29) is 17.4 Å². The van der Waals surface area contributed by atoms with E-state index < -0.39 is 0 Å². The molecule has 1 aliphatic heterocycles. The number of hydrogen-bond acceptors (Lipinski definition) is 4. The molecule has 1 amide bonds. The second kappa shape index (κ2) is 6.14. The zero-order chi connectivity index (χ0) is 16.4. The molecule has 1 saturated heterocycles. The lowest BCUT2D eigenvalue weighted by molar-refractivity contribution is -0.152. The summed E-state index contributed by atoms with van der Waals surface area (Å²) in [6.07, 6.45) is 1.90. The van der Waals surface area contributed by atoms with Crippen molar-refractivity contribution >= 4 is 5.91 Å². The fraction of sp³-hybridized carbons (Fsp3) is 0.500. The van der Waals surface area contributed by atoms with Crippen molar-refractivity contribution in [2.45, 2.75) is 46.1 Å². The standard InChI is InChI=1S/C18H23N3O2/c1-13-19-15(23-20-13)10-7-11-16(22)21-12-18(2,3)17(21)14-8-5-4-6-9-14/h4-6,8-9,17H,7,10-12H2,1-3H3/t17-/m0/s1. The fourth-order valence-electron chi connectivity index (χ4n) is 3.40. The van der Waals surface area contributed by atoms with Crippen LogP contribution in [0.3, 0.4) is 0 Å². The van der Waals surface area contributed by atoms with E-state index in [1.54, 1.807) is 6.92 Å². The summed E-state index contributed by atoms with van der Waals surface area (Å²) in [5.41, 5.74) is 1.34. The Morgan fingerprint density at radius 3 is 2.70 bits per heavy atom. The molecule has 2 aromatic rings. The van der Waals surface area contributed by atoms with E-state index >= 15 is 0 Å². The Kier molecular flexibility index (Phi) is 4.20. The van der Waals surface area contributed by atoms with Gasteiger partial charge in [-0.15, -0.1) is 0 Å². The lowest BCUT2D eigenvalue weighted by atomic mass is 9.71. The monoisotopic (exact) mass is 313 g/mol. The first-order valence-corrected chi connectivity index (χ1v) is 8.11. The molecular formula is C18H23N3O2. The number of benzene rings is 1. The first kappa shape index (κ1) is 15.7. The Hall–Kier alpha value is -2.17. The molecule has 122 valence electrons. The highest BCUT2D eigenvalue weighted by Crippen LogP contribution is 2.48. The minimum absolute atomic E-state index is 0.126. The molecule has 1 aromatic heterocycles. The van der Waals surface area contributed by atoms with Crippen molar-refractivity contribution in [3.05, 3.63) is 47.6 Å². The summed E-state index contributed by atoms with van der Waals surface area (Å²) in [5.74, 6) is 1.45. The van der Waals surface area contributed by atoms with Crippen molar-refractivity contribution in [1.82, 2.24) is 15.0 Å². The van der Waals surface area contributed by atoms with Gasteiger partial charge in [0.15, 0.2) is 5.82 Å². The third-order valence-corrected chi connectivity index (χ3v) is 4.42. The number of aryl methyl sites for hydroxylation is 2. The molecule has 3 rings (SSSR count). The van der Waals surface area contributed by atoms with Crippen LogP contribution in [0.4, 0.5) is 0 Å². The first-order chi connectivity index (χ1) is 11.0. The fourth-order valence-corrected chi connectivity index (χ4v) is 3.40. The van der Waals surface area contributed by atoms with Crippen LogP contribution >= 0.6 is 0 Å². The highest BCUT2D eigenvalue weighted by Gasteiger charge is 2.48. The smallest absolute Gasteiger partial charge is 0.226 e. The Labute approximate surface area is 136 Å². The molecule has 1 atom stereocenters. The Balaban J connectivity index is 1.59.